The predicted octanol–water partition coefficient (Wildman–Crippen LogP) is 2.22. The van der Waals surface area contributed by atoms with Gasteiger partial charge < -0.3 is 14.7 Å². The molecule has 2 aromatic heterocycles. The first-order chi connectivity index (χ1) is 15.0. The van der Waals surface area contributed by atoms with Crippen LogP contribution >= 0.6 is 0 Å². The van der Waals surface area contributed by atoms with Gasteiger partial charge in [0.1, 0.15) is 11.5 Å². The van der Waals surface area contributed by atoms with E-state index in [0.29, 0.717) is 19.0 Å². The quantitative estimate of drug-likeness (QED) is 0.643. The van der Waals surface area contributed by atoms with Crippen molar-refractivity contribution in [2.45, 2.75) is 12.5 Å². The molecule has 2 aliphatic heterocycles. The number of hydrogen-bond acceptors (Lipinski definition) is 6. The van der Waals surface area contributed by atoms with Crippen molar-refractivity contribution in [2.24, 2.45) is 5.92 Å². The second-order valence-electron chi connectivity index (χ2n) is 8.24. The molecule has 2 saturated heterocycles. The van der Waals surface area contributed by atoms with Crippen LogP contribution in [-0.2, 0) is 0 Å². The first-order valence-electron chi connectivity index (χ1n) is 10.4. The van der Waals surface area contributed by atoms with E-state index in [2.05, 4.69) is 26.1 Å². The van der Waals surface area contributed by atoms with E-state index in [-0.39, 0.29) is 23.2 Å². The van der Waals surface area contributed by atoms with Gasteiger partial charge in [-0.3, -0.25) is 4.79 Å². The van der Waals surface area contributed by atoms with E-state index in [1.54, 1.807) is 12.1 Å². The summed E-state index contributed by atoms with van der Waals surface area (Å²) in [5.74, 6) is 0.738. The Kier molecular flexibility index (Phi) is 4.80. The van der Waals surface area contributed by atoms with Gasteiger partial charge >= 0.3 is 0 Å². The van der Waals surface area contributed by atoms with E-state index in [0.717, 1.165) is 24.5 Å². The minimum atomic E-state index is -0.521. The molecule has 0 saturated carbocycles. The standard InChI is InChI=1S/C22H24FN7O/c1-27(2)16-6-8-24-20(12-16)29-13-15-7-11-28(14-19(15)29)22(31)17-4-3-5-18(23)21(17)30-25-9-10-26-30/h3-6,8-10,12,15,19H,7,11,13-14H2,1-2H3/t15-,19-/m0/s1. The molecule has 2 atom stereocenters. The average Bonchev–Trinajstić information content (AvgIpc) is 3.28. The zero-order valence-electron chi connectivity index (χ0n) is 17.5. The van der Waals surface area contributed by atoms with Crippen LogP contribution in [0.15, 0.2) is 48.9 Å². The smallest absolute Gasteiger partial charge is 0.256 e. The highest BCUT2D eigenvalue weighted by atomic mass is 19.1. The summed E-state index contributed by atoms with van der Waals surface area (Å²) >= 11 is 0. The second-order valence-corrected chi connectivity index (χ2v) is 8.24. The normalized spacial score (nSPS) is 20.2. The summed E-state index contributed by atoms with van der Waals surface area (Å²) in [6, 6.07) is 8.77. The number of hydrogen-bond donors (Lipinski definition) is 0. The van der Waals surface area contributed by atoms with Crippen LogP contribution in [0.3, 0.4) is 0 Å². The zero-order valence-corrected chi connectivity index (χ0v) is 17.5. The molecular weight excluding hydrogens is 397 g/mol. The van der Waals surface area contributed by atoms with Gasteiger partial charge in [0, 0.05) is 57.6 Å². The summed E-state index contributed by atoms with van der Waals surface area (Å²) in [6.45, 7) is 2.18. The molecule has 1 aromatic carbocycles. The molecule has 0 bridgehead atoms. The van der Waals surface area contributed by atoms with E-state index >= 15 is 0 Å². The number of fused-ring (bicyclic) bond motifs is 1. The van der Waals surface area contributed by atoms with Crippen LogP contribution in [0.1, 0.15) is 16.8 Å². The molecule has 31 heavy (non-hydrogen) atoms. The zero-order chi connectivity index (χ0) is 21.5. The summed E-state index contributed by atoms with van der Waals surface area (Å²) in [5.41, 5.74) is 1.45. The molecule has 0 unspecified atom stereocenters. The van der Waals surface area contributed by atoms with Crippen molar-refractivity contribution < 1.29 is 9.18 Å². The van der Waals surface area contributed by atoms with Gasteiger partial charge in [-0.2, -0.15) is 10.2 Å². The van der Waals surface area contributed by atoms with Gasteiger partial charge in [-0.15, -0.1) is 4.80 Å². The van der Waals surface area contributed by atoms with Gasteiger partial charge in [0.05, 0.1) is 24.0 Å². The lowest BCUT2D eigenvalue weighted by Gasteiger charge is -2.54. The maximum absolute atomic E-state index is 14.6. The molecule has 9 heteroatoms. The third-order valence-electron chi connectivity index (χ3n) is 6.22. The van der Waals surface area contributed by atoms with Crippen molar-refractivity contribution in [1.82, 2.24) is 24.9 Å². The van der Waals surface area contributed by atoms with Crippen LogP contribution in [0.4, 0.5) is 15.9 Å². The third-order valence-corrected chi connectivity index (χ3v) is 6.22. The molecule has 0 aliphatic carbocycles. The van der Waals surface area contributed by atoms with Crippen LogP contribution in [0.2, 0.25) is 0 Å². The fourth-order valence-electron chi connectivity index (χ4n) is 4.48. The molecule has 0 radical (unpaired) electrons. The Morgan fingerprint density at radius 1 is 1.13 bits per heavy atom. The van der Waals surface area contributed by atoms with Gasteiger partial charge in [0.25, 0.3) is 5.91 Å². The maximum atomic E-state index is 14.6. The Balaban J connectivity index is 1.38. The molecule has 0 spiro atoms. The number of para-hydroxylation sites is 1. The molecule has 4 heterocycles. The molecule has 8 nitrogen and oxygen atoms in total. The van der Waals surface area contributed by atoms with Crippen molar-refractivity contribution in [3.63, 3.8) is 0 Å². The lowest BCUT2D eigenvalue weighted by atomic mass is 9.82. The number of carbonyl (C=O) groups excluding carboxylic acids is 1. The number of piperidine rings is 1. The number of anilines is 2. The van der Waals surface area contributed by atoms with Gasteiger partial charge in [-0.25, -0.2) is 9.37 Å². The van der Waals surface area contributed by atoms with E-state index in [1.165, 1.54) is 23.3 Å². The van der Waals surface area contributed by atoms with Crippen LogP contribution in [0.5, 0.6) is 0 Å². The fourth-order valence-corrected chi connectivity index (χ4v) is 4.48. The molecule has 5 rings (SSSR count). The number of carbonyl (C=O) groups is 1. The Bertz CT molecular complexity index is 1100. The number of pyridine rings is 1. The SMILES string of the molecule is CN(C)c1ccnc(N2C[C@@H]3CCN(C(=O)c4cccc(F)c4-n4nccn4)C[C@@H]32)c1. The van der Waals surface area contributed by atoms with Crippen LogP contribution in [-0.4, -0.2) is 70.6 Å². The van der Waals surface area contributed by atoms with Crippen molar-refractivity contribution in [3.05, 3.63) is 60.3 Å². The highest BCUT2D eigenvalue weighted by Gasteiger charge is 2.44. The molecule has 0 N–H and O–H groups in total. The lowest BCUT2D eigenvalue weighted by Crippen LogP contribution is -2.65. The average molecular weight is 421 g/mol. The van der Waals surface area contributed by atoms with Crippen LogP contribution in [0, 0.1) is 11.7 Å². The van der Waals surface area contributed by atoms with Crippen LogP contribution in [0.25, 0.3) is 5.69 Å². The molecule has 1 amide bonds. The fraction of sp³-hybridized carbons (Fsp3) is 0.364. The molecule has 3 aromatic rings. The molecule has 2 fully saturated rings. The van der Waals surface area contributed by atoms with Crippen molar-refractivity contribution in [3.8, 4) is 5.69 Å². The topological polar surface area (TPSA) is 70.4 Å². The van der Waals surface area contributed by atoms with Crippen molar-refractivity contribution in [1.29, 1.82) is 0 Å². The van der Waals surface area contributed by atoms with Crippen molar-refractivity contribution in [2.75, 3.05) is 43.5 Å². The summed E-state index contributed by atoms with van der Waals surface area (Å²) in [4.78, 5) is 25.2. The van der Waals surface area contributed by atoms with E-state index < -0.39 is 5.82 Å². The maximum Gasteiger partial charge on any atom is 0.256 e. The first kappa shape index (κ1) is 19.5. The summed E-state index contributed by atoms with van der Waals surface area (Å²) < 4.78 is 14.6. The third kappa shape index (κ3) is 3.39. The van der Waals surface area contributed by atoms with Gasteiger partial charge in [0.15, 0.2) is 5.82 Å². The highest BCUT2D eigenvalue weighted by molar-refractivity contribution is 5.98. The summed E-state index contributed by atoms with van der Waals surface area (Å²) in [7, 11) is 4.01. The predicted molar refractivity (Wildman–Crippen MR) is 115 cm³/mol. The highest BCUT2D eigenvalue weighted by Crippen LogP contribution is 2.37. The number of amides is 1. The van der Waals surface area contributed by atoms with Gasteiger partial charge in [0.2, 0.25) is 0 Å². The largest absolute Gasteiger partial charge is 0.378 e. The monoisotopic (exact) mass is 421 g/mol. The molecule has 160 valence electrons. The first-order valence-corrected chi connectivity index (χ1v) is 10.4. The van der Waals surface area contributed by atoms with Crippen molar-refractivity contribution >= 4 is 17.4 Å². The van der Waals surface area contributed by atoms with E-state index in [9.17, 15) is 9.18 Å². The summed E-state index contributed by atoms with van der Waals surface area (Å²) in [6.07, 6.45) is 5.67. The molecular formula is C22H24FN7O. The minimum Gasteiger partial charge on any atom is -0.378 e. The van der Waals surface area contributed by atoms with Gasteiger partial charge in [-0.05, 0) is 24.6 Å². The Morgan fingerprint density at radius 3 is 2.71 bits per heavy atom. The van der Waals surface area contributed by atoms with Crippen LogP contribution < -0.4 is 9.80 Å². The Hall–Kier alpha value is -3.49. The second kappa shape index (κ2) is 7.64. The molecule has 2 aliphatic rings. The lowest BCUT2D eigenvalue weighted by molar-refractivity contribution is 0.0590. The van der Waals surface area contributed by atoms with E-state index in [4.69, 9.17) is 0 Å². The van der Waals surface area contributed by atoms with E-state index in [1.807, 2.05) is 36.2 Å². The van der Waals surface area contributed by atoms with Gasteiger partial charge in [-0.1, -0.05) is 6.07 Å². The number of likely N-dealkylation sites (tertiary alicyclic amines) is 1. The minimum absolute atomic E-state index is 0.0884. The number of rotatable bonds is 4. The summed E-state index contributed by atoms with van der Waals surface area (Å²) in [5, 5.41) is 8.04. The number of halogens is 1. The Morgan fingerprint density at radius 2 is 1.94 bits per heavy atom. The number of benzene rings is 1. The number of aromatic nitrogens is 4. The Labute approximate surface area is 179 Å². The number of nitrogens with zero attached hydrogens (tertiary/aromatic N) is 7.